The van der Waals surface area contributed by atoms with Crippen molar-refractivity contribution < 1.29 is 18.0 Å². The van der Waals surface area contributed by atoms with Crippen LogP contribution in [0.5, 0.6) is 0 Å². The molecule has 5 nitrogen and oxygen atoms in total. The molecule has 27 heavy (non-hydrogen) atoms. The van der Waals surface area contributed by atoms with E-state index in [0.29, 0.717) is 5.69 Å². The average Bonchev–Trinajstić information content (AvgIpc) is 3.09. The normalized spacial score (nSPS) is 31.5. The third-order valence-electron chi connectivity index (χ3n) is 6.28. The summed E-state index contributed by atoms with van der Waals surface area (Å²) in [5.74, 6) is -3.49. The Bertz CT molecular complexity index is 838. The number of guanidine groups is 1. The molecule has 2 atom stereocenters. The number of benzene rings is 1. The summed E-state index contributed by atoms with van der Waals surface area (Å²) in [6, 6.07) is 4.26. The van der Waals surface area contributed by atoms with Crippen molar-refractivity contribution >= 4 is 17.6 Å². The van der Waals surface area contributed by atoms with E-state index in [9.17, 15) is 18.0 Å². The van der Waals surface area contributed by atoms with Gasteiger partial charge in [0.1, 0.15) is 11.4 Å². The highest BCUT2D eigenvalue weighted by molar-refractivity contribution is 6.01. The molecule has 1 saturated carbocycles. The maximum atomic E-state index is 14.7. The van der Waals surface area contributed by atoms with E-state index in [-0.39, 0.29) is 30.4 Å². The van der Waals surface area contributed by atoms with Crippen LogP contribution < -0.4 is 11.1 Å². The average molecular weight is 382 g/mol. The molecule has 3 rings (SSSR count). The number of anilines is 1. The van der Waals surface area contributed by atoms with Crippen molar-refractivity contribution in [3.63, 3.8) is 0 Å². The zero-order valence-corrected chi connectivity index (χ0v) is 16.2. The van der Waals surface area contributed by atoms with E-state index in [4.69, 9.17) is 5.73 Å². The van der Waals surface area contributed by atoms with Crippen LogP contribution in [0.4, 0.5) is 18.9 Å². The zero-order chi connectivity index (χ0) is 20.4. The van der Waals surface area contributed by atoms with Crippen molar-refractivity contribution in [2.45, 2.75) is 45.6 Å². The molecule has 1 aromatic rings. The Morgan fingerprint density at radius 2 is 1.85 bits per heavy atom. The van der Waals surface area contributed by atoms with Crippen LogP contribution in [0.15, 0.2) is 23.2 Å². The highest BCUT2D eigenvalue weighted by Gasteiger charge is 2.67. The quantitative estimate of drug-likeness (QED) is 0.839. The summed E-state index contributed by atoms with van der Waals surface area (Å²) in [4.78, 5) is 18.4. The van der Waals surface area contributed by atoms with Crippen LogP contribution >= 0.6 is 0 Å². The second kappa shape index (κ2) is 5.62. The Balaban J connectivity index is 1.97. The third-order valence-corrected chi connectivity index (χ3v) is 6.28. The molecule has 0 saturated heterocycles. The van der Waals surface area contributed by atoms with E-state index >= 15 is 0 Å². The number of nitrogens with two attached hydrogens (primary N) is 1. The number of carbonyl (C=O) groups is 1. The Hall–Kier alpha value is -2.25. The lowest BCUT2D eigenvalue weighted by molar-refractivity contribution is -0.140. The van der Waals surface area contributed by atoms with E-state index in [1.807, 2.05) is 0 Å². The molecule has 2 aliphatic rings. The maximum Gasteiger partial charge on any atom is 0.256 e. The Morgan fingerprint density at radius 3 is 2.41 bits per heavy atom. The van der Waals surface area contributed by atoms with Crippen molar-refractivity contribution in [2.75, 3.05) is 18.9 Å². The van der Waals surface area contributed by atoms with Crippen molar-refractivity contribution in [3.05, 3.63) is 29.6 Å². The molecule has 0 spiro atoms. The molecule has 1 amide bonds. The number of carbonyl (C=O) groups excluding carboxylic acids is 1. The van der Waals surface area contributed by atoms with E-state index in [2.05, 4.69) is 10.3 Å². The number of amides is 1. The molecule has 3 N–H and O–H groups in total. The lowest BCUT2D eigenvalue weighted by atomic mass is 9.67. The summed E-state index contributed by atoms with van der Waals surface area (Å²) in [7, 11) is 1.52. The second-order valence-electron chi connectivity index (χ2n) is 8.52. The number of nitrogens with one attached hydrogen (secondary N) is 1. The summed E-state index contributed by atoms with van der Waals surface area (Å²) < 4.78 is 41.6. The molecule has 0 radical (unpaired) electrons. The molecular weight excluding hydrogens is 357 g/mol. The van der Waals surface area contributed by atoms with Crippen LogP contribution in [0, 0.1) is 16.6 Å². The molecule has 1 fully saturated rings. The number of alkyl halides is 2. The molecule has 1 heterocycles. The fraction of sp³-hybridized carbons (Fsp3) is 0.579. The Morgan fingerprint density at radius 1 is 1.26 bits per heavy atom. The molecule has 2 unspecified atom stereocenters. The zero-order valence-electron chi connectivity index (χ0n) is 16.2. The van der Waals surface area contributed by atoms with Crippen molar-refractivity contribution in [1.82, 2.24) is 4.90 Å². The van der Waals surface area contributed by atoms with Gasteiger partial charge in [0, 0.05) is 31.3 Å². The van der Waals surface area contributed by atoms with E-state index < -0.39 is 28.1 Å². The maximum absolute atomic E-state index is 14.7. The highest BCUT2D eigenvalue weighted by atomic mass is 19.3. The van der Waals surface area contributed by atoms with Gasteiger partial charge in [-0.25, -0.2) is 18.2 Å². The number of halogens is 3. The van der Waals surface area contributed by atoms with Gasteiger partial charge in [-0.3, -0.25) is 9.69 Å². The van der Waals surface area contributed by atoms with Crippen molar-refractivity contribution in [1.29, 1.82) is 0 Å². The van der Waals surface area contributed by atoms with Gasteiger partial charge in [-0.2, -0.15) is 0 Å². The van der Waals surface area contributed by atoms with Gasteiger partial charge < -0.3 is 11.1 Å². The number of hydrogen-bond acceptors (Lipinski definition) is 4. The number of nitrogens with zero attached hydrogens (tertiary/aromatic N) is 2. The lowest BCUT2D eigenvalue weighted by Crippen LogP contribution is -2.58. The number of hydrogen-bond donors (Lipinski definition) is 2. The SMILES string of the molecule is CN1C(=O)C(C)(C)C(C)(c2cc(NCC3(C)CC3(F)F)ccc2F)N=C1N. The topological polar surface area (TPSA) is 70.7 Å². The predicted molar refractivity (Wildman–Crippen MR) is 98.1 cm³/mol. The van der Waals surface area contributed by atoms with Gasteiger partial charge in [0.05, 0.1) is 10.8 Å². The van der Waals surface area contributed by atoms with Crippen LogP contribution in [0.3, 0.4) is 0 Å². The van der Waals surface area contributed by atoms with Gasteiger partial charge in [0.15, 0.2) is 5.96 Å². The predicted octanol–water partition coefficient (Wildman–Crippen LogP) is 3.31. The van der Waals surface area contributed by atoms with Gasteiger partial charge in [-0.15, -0.1) is 0 Å². The van der Waals surface area contributed by atoms with Crippen LogP contribution in [-0.4, -0.2) is 36.3 Å². The van der Waals surface area contributed by atoms with Crippen LogP contribution in [0.2, 0.25) is 0 Å². The van der Waals surface area contributed by atoms with E-state index in [1.165, 1.54) is 37.1 Å². The van der Waals surface area contributed by atoms with Crippen LogP contribution in [0.25, 0.3) is 0 Å². The van der Waals surface area contributed by atoms with Gasteiger partial charge in [-0.1, -0.05) is 6.92 Å². The van der Waals surface area contributed by atoms with E-state index in [1.54, 1.807) is 20.8 Å². The second-order valence-corrected chi connectivity index (χ2v) is 8.52. The van der Waals surface area contributed by atoms with Crippen molar-refractivity contribution in [2.24, 2.45) is 21.6 Å². The molecule has 8 heteroatoms. The summed E-state index contributed by atoms with van der Waals surface area (Å²) >= 11 is 0. The largest absolute Gasteiger partial charge is 0.384 e. The van der Waals surface area contributed by atoms with Gasteiger partial charge in [0.25, 0.3) is 5.92 Å². The summed E-state index contributed by atoms with van der Waals surface area (Å²) in [5, 5.41) is 2.96. The first-order valence-electron chi connectivity index (χ1n) is 8.80. The van der Waals surface area contributed by atoms with E-state index in [0.717, 1.165) is 0 Å². The van der Waals surface area contributed by atoms with Crippen molar-refractivity contribution in [3.8, 4) is 0 Å². The first-order valence-corrected chi connectivity index (χ1v) is 8.80. The third kappa shape index (κ3) is 2.76. The first-order chi connectivity index (χ1) is 12.3. The Labute approximate surface area is 156 Å². The minimum atomic E-state index is -2.68. The molecule has 0 bridgehead atoms. The molecule has 0 aromatic heterocycles. The molecular formula is C19H25F3N4O. The van der Waals surface area contributed by atoms with Gasteiger partial charge in [0.2, 0.25) is 5.91 Å². The highest BCUT2D eigenvalue weighted by Crippen LogP contribution is 2.60. The fourth-order valence-corrected chi connectivity index (χ4v) is 3.52. The molecule has 1 aliphatic heterocycles. The molecule has 148 valence electrons. The Kier molecular flexibility index (Phi) is 4.06. The van der Waals surface area contributed by atoms with Gasteiger partial charge >= 0.3 is 0 Å². The fourth-order valence-electron chi connectivity index (χ4n) is 3.52. The summed E-state index contributed by atoms with van der Waals surface area (Å²) in [6.07, 6.45) is -0.173. The smallest absolute Gasteiger partial charge is 0.256 e. The minimum Gasteiger partial charge on any atom is -0.384 e. The summed E-state index contributed by atoms with van der Waals surface area (Å²) in [6.45, 7) is 6.61. The monoisotopic (exact) mass is 382 g/mol. The van der Waals surface area contributed by atoms with Crippen LogP contribution in [-0.2, 0) is 10.3 Å². The molecule has 1 aliphatic carbocycles. The number of aliphatic imine (C=N–C) groups is 1. The lowest BCUT2D eigenvalue weighted by Gasteiger charge is -2.46. The standard InChI is InChI=1S/C19H25F3N4O/c1-16(2)14(27)26(5)15(23)25-18(16,4)12-8-11(6-7-13(12)20)24-10-17(3)9-19(17,21)22/h6-8,24H,9-10H2,1-5H3,(H2,23,25). The summed E-state index contributed by atoms with van der Waals surface area (Å²) in [5.41, 5.74) is 3.16. The van der Waals surface area contributed by atoms with Gasteiger partial charge in [-0.05, 0) is 39.0 Å². The van der Waals surface area contributed by atoms with Crippen LogP contribution in [0.1, 0.15) is 39.7 Å². The number of rotatable bonds is 4. The first kappa shape index (κ1) is 19.5. The molecule has 1 aromatic carbocycles. The minimum absolute atomic E-state index is 0.00437.